The fourth-order valence-electron chi connectivity index (χ4n) is 1.13. The molecule has 0 aliphatic carbocycles. The van der Waals surface area contributed by atoms with Crippen LogP contribution in [0.4, 0.5) is 4.79 Å². The number of carbonyl (C=O) groups is 3. The highest BCUT2D eigenvalue weighted by Crippen LogP contribution is 2.04. The highest BCUT2D eigenvalue weighted by molar-refractivity contribution is 6.44. The molecule has 5 nitrogen and oxygen atoms in total. The van der Waals surface area contributed by atoms with Gasteiger partial charge in [0.05, 0.1) is 0 Å². The van der Waals surface area contributed by atoms with Gasteiger partial charge in [0.25, 0.3) is 0 Å². The van der Waals surface area contributed by atoms with Crippen molar-refractivity contribution in [3.63, 3.8) is 0 Å². The number of hydrogen-bond donors (Lipinski definition) is 1. The Kier molecular flexibility index (Phi) is 3.24. The van der Waals surface area contributed by atoms with Crippen LogP contribution in [0.1, 0.15) is 19.3 Å². The second-order valence-electron chi connectivity index (χ2n) is 2.88. The molecule has 0 aromatic carbocycles. The van der Waals surface area contributed by atoms with Crippen molar-refractivity contribution in [2.45, 2.75) is 19.3 Å². The van der Waals surface area contributed by atoms with E-state index >= 15 is 0 Å². The number of amides is 4. The summed E-state index contributed by atoms with van der Waals surface area (Å²) < 4.78 is 0. The average Bonchev–Trinajstić information content (AvgIpc) is 2.38. The van der Waals surface area contributed by atoms with Crippen molar-refractivity contribution in [3.05, 3.63) is 0 Å². The van der Waals surface area contributed by atoms with Gasteiger partial charge in [0.1, 0.15) is 0 Å². The van der Waals surface area contributed by atoms with Crippen LogP contribution in [0.3, 0.4) is 0 Å². The third kappa shape index (κ3) is 2.10. The molecule has 1 aliphatic rings. The van der Waals surface area contributed by atoms with Gasteiger partial charge in [-0.3, -0.25) is 19.8 Å². The fourth-order valence-corrected chi connectivity index (χ4v) is 1.13. The van der Waals surface area contributed by atoms with Gasteiger partial charge in [-0.05, 0) is 12.8 Å². The van der Waals surface area contributed by atoms with Crippen LogP contribution in [-0.4, -0.2) is 29.3 Å². The van der Waals surface area contributed by atoms with Gasteiger partial charge in [0.15, 0.2) is 0 Å². The molecule has 14 heavy (non-hydrogen) atoms. The molecule has 1 fully saturated rings. The van der Waals surface area contributed by atoms with E-state index in [1.165, 1.54) is 0 Å². The number of nitrogens with zero attached hydrogens (tertiary/aromatic N) is 1. The zero-order valence-electron chi connectivity index (χ0n) is 7.58. The molecule has 74 valence electrons. The topological polar surface area (TPSA) is 66.5 Å². The predicted molar refractivity (Wildman–Crippen MR) is 47.9 cm³/mol. The van der Waals surface area contributed by atoms with Crippen LogP contribution in [0.25, 0.3) is 0 Å². The minimum absolute atomic E-state index is 0.248. The Morgan fingerprint density at radius 1 is 1.29 bits per heavy atom. The van der Waals surface area contributed by atoms with E-state index in [9.17, 15) is 14.4 Å². The lowest BCUT2D eigenvalue weighted by atomic mass is 10.2. The van der Waals surface area contributed by atoms with Crippen LogP contribution in [-0.2, 0) is 9.59 Å². The van der Waals surface area contributed by atoms with Crippen molar-refractivity contribution >= 4 is 17.8 Å². The van der Waals surface area contributed by atoms with E-state index in [4.69, 9.17) is 6.42 Å². The highest BCUT2D eigenvalue weighted by atomic mass is 16.2. The second-order valence-corrected chi connectivity index (χ2v) is 2.88. The lowest BCUT2D eigenvalue weighted by molar-refractivity contribution is -0.140. The summed E-state index contributed by atoms with van der Waals surface area (Å²) in [6, 6.07) is -0.638. The molecule has 5 heteroatoms. The second kappa shape index (κ2) is 4.42. The third-order valence-electron chi connectivity index (χ3n) is 1.86. The van der Waals surface area contributed by atoms with Crippen molar-refractivity contribution in [1.29, 1.82) is 0 Å². The van der Waals surface area contributed by atoms with E-state index in [2.05, 4.69) is 5.92 Å². The Labute approximate surface area is 81.4 Å². The number of rotatable bonds is 4. The molecule has 4 amide bonds. The summed E-state index contributed by atoms with van der Waals surface area (Å²) in [5.74, 6) is 0.817. The van der Waals surface area contributed by atoms with Crippen LogP contribution in [0.2, 0.25) is 0 Å². The Balaban J connectivity index is 2.38. The summed E-state index contributed by atoms with van der Waals surface area (Å²) in [5, 5.41) is 1.92. The van der Waals surface area contributed by atoms with Crippen LogP contribution in [0.15, 0.2) is 0 Å². The summed E-state index contributed by atoms with van der Waals surface area (Å²) in [6.45, 7) is 0.248. The average molecular weight is 194 g/mol. The number of imide groups is 2. The monoisotopic (exact) mass is 194 g/mol. The van der Waals surface area contributed by atoms with Crippen LogP contribution < -0.4 is 5.32 Å². The molecule has 1 rings (SSSR count). The molecule has 1 saturated heterocycles. The summed E-state index contributed by atoms with van der Waals surface area (Å²) in [4.78, 5) is 33.7. The van der Waals surface area contributed by atoms with Crippen LogP contribution in [0.5, 0.6) is 0 Å². The zero-order chi connectivity index (χ0) is 10.6. The molecule has 0 radical (unpaired) electrons. The van der Waals surface area contributed by atoms with Gasteiger partial charge < -0.3 is 0 Å². The molecule has 1 aliphatic heterocycles. The molecule has 0 atom stereocenters. The maximum atomic E-state index is 11.0. The number of terminal acetylenes is 1. The largest absolute Gasteiger partial charge is 0.331 e. The Morgan fingerprint density at radius 3 is 2.50 bits per heavy atom. The van der Waals surface area contributed by atoms with Crippen molar-refractivity contribution < 1.29 is 14.4 Å². The molecular weight excluding hydrogens is 184 g/mol. The van der Waals surface area contributed by atoms with E-state index in [0.717, 1.165) is 11.3 Å². The molecule has 0 aromatic heterocycles. The van der Waals surface area contributed by atoms with E-state index < -0.39 is 17.8 Å². The SMILES string of the molecule is C#CCCCCN1C(=O)NC(=O)C1=O. The van der Waals surface area contributed by atoms with Gasteiger partial charge in [-0.15, -0.1) is 12.3 Å². The number of urea groups is 1. The quantitative estimate of drug-likeness (QED) is 0.293. The summed E-state index contributed by atoms with van der Waals surface area (Å²) in [6.07, 6.45) is 7.00. The smallest absolute Gasteiger partial charge is 0.269 e. The van der Waals surface area contributed by atoms with Crippen LogP contribution >= 0.6 is 0 Å². The van der Waals surface area contributed by atoms with Crippen molar-refractivity contribution in [1.82, 2.24) is 10.2 Å². The molecule has 0 saturated carbocycles. The normalized spacial score (nSPS) is 15.6. The third-order valence-corrected chi connectivity index (χ3v) is 1.86. The van der Waals surface area contributed by atoms with Gasteiger partial charge in [-0.25, -0.2) is 4.79 Å². The van der Waals surface area contributed by atoms with Crippen LogP contribution in [0, 0.1) is 12.3 Å². The van der Waals surface area contributed by atoms with Gasteiger partial charge in [0.2, 0.25) is 0 Å². The highest BCUT2D eigenvalue weighted by Gasteiger charge is 2.35. The first-order valence-electron chi connectivity index (χ1n) is 4.27. The summed E-state index contributed by atoms with van der Waals surface area (Å²) in [5.41, 5.74) is 0. The van der Waals surface area contributed by atoms with Crippen molar-refractivity contribution in [2.24, 2.45) is 0 Å². The Bertz CT molecular complexity index is 317. The first kappa shape index (κ1) is 10.3. The molecule has 1 heterocycles. The summed E-state index contributed by atoms with van der Waals surface area (Å²) >= 11 is 0. The standard InChI is InChI=1S/C9H10N2O3/c1-2-3-4-5-6-11-8(13)7(12)10-9(11)14/h1H,3-6H2,(H,10,12,14). The number of nitrogens with one attached hydrogen (secondary N) is 1. The minimum atomic E-state index is -0.855. The van der Waals surface area contributed by atoms with E-state index in [1.54, 1.807) is 0 Å². The fraction of sp³-hybridized carbons (Fsp3) is 0.444. The number of carbonyl (C=O) groups excluding carboxylic acids is 3. The van der Waals surface area contributed by atoms with E-state index in [1.807, 2.05) is 5.32 Å². The van der Waals surface area contributed by atoms with Crippen molar-refractivity contribution in [3.8, 4) is 12.3 Å². The van der Waals surface area contributed by atoms with Gasteiger partial charge >= 0.3 is 17.8 Å². The van der Waals surface area contributed by atoms with Gasteiger partial charge in [0, 0.05) is 13.0 Å². The first-order chi connectivity index (χ1) is 6.66. The van der Waals surface area contributed by atoms with E-state index in [0.29, 0.717) is 12.8 Å². The molecule has 0 unspecified atom stereocenters. The minimum Gasteiger partial charge on any atom is -0.269 e. The molecule has 0 bridgehead atoms. The Morgan fingerprint density at radius 2 is 2.00 bits per heavy atom. The maximum Gasteiger partial charge on any atom is 0.331 e. The van der Waals surface area contributed by atoms with Gasteiger partial charge in [-0.2, -0.15) is 0 Å². The lowest BCUT2D eigenvalue weighted by Gasteiger charge is -2.09. The zero-order valence-corrected chi connectivity index (χ0v) is 7.58. The predicted octanol–water partition coefficient (Wildman–Crippen LogP) is -0.132. The summed E-state index contributed by atoms with van der Waals surface area (Å²) in [7, 11) is 0. The number of hydrogen-bond acceptors (Lipinski definition) is 3. The lowest BCUT2D eigenvalue weighted by Crippen LogP contribution is -2.31. The first-order valence-corrected chi connectivity index (χ1v) is 4.27. The number of unbranched alkanes of at least 4 members (excludes halogenated alkanes) is 2. The molecular formula is C9H10N2O3. The Hall–Kier alpha value is -1.83. The van der Waals surface area contributed by atoms with Crippen molar-refractivity contribution in [2.75, 3.05) is 6.54 Å². The van der Waals surface area contributed by atoms with E-state index in [-0.39, 0.29) is 6.54 Å². The molecule has 0 aromatic rings. The molecule has 1 N–H and O–H groups in total. The maximum absolute atomic E-state index is 11.0. The molecule has 0 spiro atoms. The van der Waals surface area contributed by atoms with Gasteiger partial charge in [-0.1, -0.05) is 0 Å².